The molecule has 1 amide bonds. The summed E-state index contributed by atoms with van der Waals surface area (Å²) in [7, 11) is 0. The maximum Gasteiger partial charge on any atom is 0.275 e. The first-order chi connectivity index (χ1) is 8.56. The quantitative estimate of drug-likeness (QED) is 0.819. The lowest BCUT2D eigenvalue weighted by Crippen LogP contribution is -2.24. The van der Waals surface area contributed by atoms with E-state index in [0.29, 0.717) is 23.7 Å². The number of nitrogens with zero attached hydrogens (tertiary/aromatic N) is 1. The Morgan fingerprint density at radius 1 is 1.39 bits per heavy atom. The molecule has 0 saturated heterocycles. The molecule has 1 aliphatic heterocycles. The predicted octanol–water partition coefficient (Wildman–Crippen LogP) is 2.74. The van der Waals surface area contributed by atoms with Gasteiger partial charge >= 0.3 is 0 Å². The number of halogens is 1. The first-order valence-corrected chi connectivity index (χ1v) is 5.91. The van der Waals surface area contributed by atoms with E-state index in [4.69, 9.17) is 0 Å². The summed E-state index contributed by atoms with van der Waals surface area (Å²) in [5.41, 5.74) is 0.632. The second-order valence-corrected chi connectivity index (χ2v) is 4.66. The van der Waals surface area contributed by atoms with Gasteiger partial charge in [-0.3, -0.25) is 4.79 Å². The normalized spacial score (nSPS) is 17.2. The molecule has 1 heterocycles. The largest absolute Gasteiger partial charge is 0.309 e. The number of carbonyl (C=O) groups excluding carboxylic acids is 1. The van der Waals surface area contributed by atoms with E-state index in [9.17, 15) is 9.18 Å². The monoisotopic (exact) mass is 246 g/mol. The van der Waals surface area contributed by atoms with Gasteiger partial charge in [-0.15, -0.1) is 0 Å². The first kappa shape index (κ1) is 12.5. The Morgan fingerprint density at radius 3 is 2.78 bits per heavy atom. The number of carbonyl (C=O) groups is 1. The van der Waals surface area contributed by atoms with Crippen LogP contribution in [0, 0.1) is 11.7 Å². The highest BCUT2D eigenvalue weighted by Crippen LogP contribution is 2.16. The van der Waals surface area contributed by atoms with Gasteiger partial charge in [0.1, 0.15) is 17.3 Å². The van der Waals surface area contributed by atoms with Gasteiger partial charge in [-0.2, -0.15) is 0 Å². The summed E-state index contributed by atoms with van der Waals surface area (Å²) in [4.78, 5) is 15.9. The molecule has 0 unspecified atom stereocenters. The lowest BCUT2D eigenvalue weighted by atomic mass is 10.1. The van der Waals surface area contributed by atoms with Crippen LogP contribution >= 0.6 is 0 Å². The number of rotatable bonds is 3. The average molecular weight is 246 g/mol. The zero-order valence-electron chi connectivity index (χ0n) is 10.4. The third kappa shape index (κ3) is 2.83. The maximum absolute atomic E-state index is 13.5. The van der Waals surface area contributed by atoms with Crippen LogP contribution in [-0.4, -0.2) is 11.7 Å². The molecule has 0 fully saturated rings. The summed E-state index contributed by atoms with van der Waals surface area (Å²) in [5.74, 6) is 0.439. The molecule has 1 N–H and O–H groups in total. The molecule has 0 aromatic heterocycles. The van der Waals surface area contributed by atoms with Crippen molar-refractivity contribution in [2.45, 2.75) is 20.3 Å². The minimum atomic E-state index is -0.356. The van der Waals surface area contributed by atoms with Crippen LogP contribution in [0.4, 0.5) is 4.39 Å². The van der Waals surface area contributed by atoms with Crippen molar-refractivity contribution >= 4 is 17.8 Å². The van der Waals surface area contributed by atoms with Gasteiger partial charge in [0.15, 0.2) is 0 Å². The average Bonchev–Trinajstić information content (AvgIpc) is 2.61. The fraction of sp³-hybridized carbons (Fsp3) is 0.286. The van der Waals surface area contributed by atoms with Crippen LogP contribution in [0.5, 0.6) is 0 Å². The molecule has 94 valence electrons. The summed E-state index contributed by atoms with van der Waals surface area (Å²) in [6, 6.07) is 6.31. The SMILES string of the molecule is CC(C)CC1=N/C(=C\c2ccccc2F)C(=O)N1. The maximum atomic E-state index is 13.5. The van der Waals surface area contributed by atoms with Crippen LogP contribution in [0.15, 0.2) is 35.0 Å². The fourth-order valence-corrected chi connectivity index (χ4v) is 1.74. The van der Waals surface area contributed by atoms with Crippen molar-refractivity contribution in [3.05, 3.63) is 41.3 Å². The molecule has 0 aliphatic carbocycles. The third-order valence-electron chi connectivity index (χ3n) is 2.54. The first-order valence-electron chi connectivity index (χ1n) is 5.91. The molecule has 0 spiro atoms. The molecule has 1 aromatic rings. The molecule has 1 aromatic carbocycles. The molecular weight excluding hydrogens is 231 g/mol. The molecule has 1 aliphatic rings. The molecule has 18 heavy (non-hydrogen) atoms. The Kier molecular flexibility index (Phi) is 3.55. The molecular formula is C14H15FN2O. The molecule has 0 bridgehead atoms. The second kappa shape index (κ2) is 5.12. The van der Waals surface area contributed by atoms with Crippen molar-refractivity contribution in [3.8, 4) is 0 Å². The van der Waals surface area contributed by atoms with Crippen molar-refractivity contribution in [1.82, 2.24) is 5.32 Å². The van der Waals surface area contributed by atoms with Crippen molar-refractivity contribution < 1.29 is 9.18 Å². The third-order valence-corrected chi connectivity index (χ3v) is 2.54. The van der Waals surface area contributed by atoms with Crippen molar-refractivity contribution in [2.75, 3.05) is 0 Å². The van der Waals surface area contributed by atoms with Crippen LogP contribution in [0.2, 0.25) is 0 Å². The van der Waals surface area contributed by atoms with Crippen LogP contribution in [0.25, 0.3) is 6.08 Å². The highest BCUT2D eigenvalue weighted by atomic mass is 19.1. The number of aliphatic imine (C=N–C) groups is 1. The van der Waals surface area contributed by atoms with E-state index in [2.05, 4.69) is 10.3 Å². The summed E-state index contributed by atoms with van der Waals surface area (Å²) >= 11 is 0. The van der Waals surface area contributed by atoms with Gasteiger partial charge in [-0.25, -0.2) is 9.38 Å². The van der Waals surface area contributed by atoms with Crippen molar-refractivity contribution in [3.63, 3.8) is 0 Å². The van der Waals surface area contributed by atoms with E-state index in [-0.39, 0.29) is 17.4 Å². The number of hydrogen-bond donors (Lipinski definition) is 1. The number of nitrogens with one attached hydrogen (secondary N) is 1. The van der Waals surface area contributed by atoms with E-state index in [1.54, 1.807) is 18.2 Å². The smallest absolute Gasteiger partial charge is 0.275 e. The predicted molar refractivity (Wildman–Crippen MR) is 69.4 cm³/mol. The lowest BCUT2D eigenvalue weighted by Gasteiger charge is -2.02. The highest BCUT2D eigenvalue weighted by Gasteiger charge is 2.20. The van der Waals surface area contributed by atoms with Gasteiger partial charge in [0.25, 0.3) is 5.91 Å². The number of hydrogen-bond acceptors (Lipinski definition) is 2. The molecule has 0 atom stereocenters. The summed E-state index contributed by atoms with van der Waals surface area (Å²) < 4.78 is 13.5. The topological polar surface area (TPSA) is 41.5 Å². The van der Waals surface area contributed by atoms with E-state index >= 15 is 0 Å². The molecule has 0 saturated carbocycles. The summed E-state index contributed by atoms with van der Waals surface area (Å²) in [6.07, 6.45) is 2.18. The molecule has 2 rings (SSSR count). The van der Waals surface area contributed by atoms with Crippen LogP contribution in [0.3, 0.4) is 0 Å². The highest BCUT2D eigenvalue weighted by molar-refractivity contribution is 6.14. The minimum absolute atomic E-state index is 0.260. The standard InChI is InChI=1S/C14H15FN2O/c1-9(2)7-13-16-12(14(18)17-13)8-10-5-3-4-6-11(10)15/h3-6,8-9H,7H2,1-2H3,(H,16,17,18)/b12-8-. The molecule has 4 heteroatoms. The van der Waals surface area contributed by atoms with Crippen molar-refractivity contribution in [1.29, 1.82) is 0 Å². The van der Waals surface area contributed by atoms with Gasteiger partial charge in [-0.1, -0.05) is 32.0 Å². The van der Waals surface area contributed by atoms with Gasteiger partial charge in [0.05, 0.1) is 0 Å². The van der Waals surface area contributed by atoms with Gasteiger partial charge in [-0.05, 0) is 18.1 Å². The van der Waals surface area contributed by atoms with Crippen LogP contribution in [0.1, 0.15) is 25.8 Å². The van der Waals surface area contributed by atoms with E-state index in [0.717, 1.165) is 0 Å². The fourth-order valence-electron chi connectivity index (χ4n) is 1.74. The Labute approximate surface area is 105 Å². The summed E-state index contributed by atoms with van der Waals surface area (Å²) in [6.45, 7) is 4.10. The van der Waals surface area contributed by atoms with Gasteiger partial charge < -0.3 is 5.32 Å². The number of benzene rings is 1. The van der Waals surface area contributed by atoms with E-state index < -0.39 is 0 Å². The Hall–Kier alpha value is -1.97. The van der Waals surface area contributed by atoms with E-state index in [1.165, 1.54) is 12.1 Å². The Balaban J connectivity index is 2.26. The zero-order valence-corrected chi connectivity index (χ0v) is 10.4. The zero-order chi connectivity index (χ0) is 13.1. The Morgan fingerprint density at radius 2 is 2.11 bits per heavy atom. The molecule has 0 radical (unpaired) electrons. The van der Waals surface area contributed by atoms with Gasteiger partial charge in [0, 0.05) is 12.0 Å². The van der Waals surface area contributed by atoms with Crippen molar-refractivity contribution in [2.24, 2.45) is 10.9 Å². The number of amidine groups is 1. The summed E-state index contributed by atoms with van der Waals surface area (Å²) in [5, 5.41) is 2.70. The van der Waals surface area contributed by atoms with E-state index in [1.807, 2.05) is 13.8 Å². The Bertz CT molecular complexity index is 532. The van der Waals surface area contributed by atoms with Gasteiger partial charge in [0.2, 0.25) is 0 Å². The number of amides is 1. The second-order valence-electron chi connectivity index (χ2n) is 4.66. The van der Waals surface area contributed by atoms with Crippen LogP contribution in [-0.2, 0) is 4.79 Å². The molecule has 3 nitrogen and oxygen atoms in total. The lowest BCUT2D eigenvalue weighted by molar-refractivity contribution is -0.115. The van der Waals surface area contributed by atoms with Crippen LogP contribution < -0.4 is 5.32 Å². The minimum Gasteiger partial charge on any atom is -0.309 e.